The normalized spacial score (nSPS) is 11.3. The van der Waals surface area contributed by atoms with E-state index in [9.17, 15) is 28.1 Å². The molecule has 2 N–H and O–H groups in total. The Hall–Kier alpha value is -3.54. The second-order valence-corrected chi connectivity index (χ2v) is 7.91. The molecule has 0 fully saturated rings. The van der Waals surface area contributed by atoms with Gasteiger partial charge in [-0.1, -0.05) is 17.3 Å². The van der Waals surface area contributed by atoms with Crippen LogP contribution in [0.1, 0.15) is 27.4 Å². The SMILES string of the molecule is Cc1cc(CSc2ccccc2C(=O)NCCNc2ccc(C(F)(F)F)c([N+](=O)[O-])c2)on1. The third kappa shape index (κ3) is 6.48. The highest BCUT2D eigenvalue weighted by atomic mass is 32.2. The number of aromatic nitrogens is 1. The predicted octanol–water partition coefficient (Wildman–Crippen LogP) is 5.04. The molecule has 0 atom stereocenters. The Bertz CT molecular complexity index is 1150. The van der Waals surface area contributed by atoms with Gasteiger partial charge in [-0.15, -0.1) is 11.8 Å². The summed E-state index contributed by atoms with van der Waals surface area (Å²) in [5, 5.41) is 20.3. The molecule has 2 aromatic carbocycles. The number of halogens is 3. The van der Waals surface area contributed by atoms with Crippen molar-refractivity contribution in [3.05, 3.63) is 81.2 Å². The topological polar surface area (TPSA) is 110 Å². The van der Waals surface area contributed by atoms with E-state index >= 15 is 0 Å². The number of hydrogen-bond donors (Lipinski definition) is 2. The summed E-state index contributed by atoms with van der Waals surface area (Å²) < 4.78 is 43.9. The molecule has 174 valence electrons. The fraction of sp³-hybridized carbons (Fsp3) is 0.238. The molecule has 3 rings (SSSR count). The first kappa shape index (κ1) is 24.1. The van der Waals surface area contributed by atoms with E-state index in [1.165, 1.54) is 11.8 Å². The number of nitro benzene ring substituents is 1. The fourth-order valence-corrected chi connectivity index (χ4v) is 3.85. The Balaban J connectivity index is 1.56. The highest BCUT2D eigenvalue weighted by Crippen LogP contribution is 2.37. The van der Waals surface area contributed by atoms with Crippen molar-refractivity contribution in [2.24, 2.45) is 0 Å². The van der Waals surface area contributed by atoms with E-state index < -0.39 is 22.4 Å². The van der Waals surface area contributed by atoms with Crippen LogP contribution < -0.4 is 10.6 Å². The number of amides is 1. The number of alkyl halides is 3. The molecule has 0 aliphatic heterocycles. The van der Waals surface area contributed by atoms with E-state index in [-0.39, 0.29) is 24.7 Å². The summed E-state index contributed by atoms with van der Waals surface area (Å²) in [6, 6.07) is 11.4. The van der Waals surface area contributed by atoms with E-state index in [2.05, 4.69) is 15.8 Å². The zero-order valence-electron chi connectivity index (χ0n) is 17.3. The molecule has 3 aromatic rings. The number of carbonyl (C=O) groups excluding carboxylic acids is 1. The Morgan fingerprint density at radius 2 is 1.94 bits per heavy atom. The minimum Gasteiger partial charge on any atom is -0.383 e. The van der Waals surface area contributed by atoms with Gasteiger partial charge >= 0.3 is 6.18 Å². The van der Waals surface area contributed by atoms with Crippen molar-refractivity contribution in [1.82, 2.24) is 10.5 Å². The Morgan fingerprint density at radius 3 is 2.61 bits per heavy atom. The van der Waals surface area contributed by atoms with Crippen molar-refractivity contribution in [3.63, 3.8) is 0 Å². The summed E-state index contributed by atoms with van der Waals surface area (Å²) in [5.41, 5.74) is -0.987. The number of thioether (sulfide) groups is 1. The van der Waals surface area contributed by atoms with E-state index in [0.29, 0.717) is 23.1 Å². The average molecular weight is 480 g/mol. The van der Waals surface area contributed by atoms with Gasteiger partial charge in [0.15, 0.2) is 0 Å². The van der Waals surface area contributed by atoms with E-state index in [1.54, 1.807) is 12.1 Å². The van der Waals surface area contributed by atoms with E-state index in [4.69, 9.17) is 4.52 Å². The molecule has 1 amide bonds. The first-order valence-electron chi connectivity index (χ1n) is 9.67. The molecule has 1 aromatic heterocycles. The standard InChI is InChI=1S/C21H19F3N4O4S/c1-13-10-15(32-27-13)12-33-19-5-3-2-4-16(19)20(29)26-9-8-25-14-6-7-17(21(22,23)24)18(11-14)28(30)31/h2-7,10-11,25H,8-9,12H2,1H3,(H,26,29). The number of carbonyl (C=O) groups is 1. The summed E-state index contributed by atoms with van der Waals surface area (Å²) >= 11 is 1.42. The lowest BCUT2D eigenvalue weighted by atomic mass is 10.1. The van der Waals surface area contributed by atoms with Gasteiger partial charge in [-0.2, -0.15) is 13.2 Å². The zero-order chi connectivity index (χ0) is 24.0. The van der Waals surface area contributed by atoms with E-state index in [0.717, 1.165) is 22.7 Å². The molecule has 0 spiro atoms. The molecule has 1 heterocycles. The van der Waals surface area contributed by atoms with Crippen LogP contribution in [-0.4, -0.2) is 29.1 Å². The first-order chi connectivity index (χ1) is 15.6. The first-order valence-corrected chi connectivity index (χ1v) is 10.7. The van der Waals surface area contributed by atoms with Gasteiger partial charge in [-0.05, 0) is 31.2 Å². The van der Waals surface area contributed by atoms with Gasteiger partial charge in [-0.25, -0.2) is 0 Å². The van der Waals surface area contributed by atoms with Crippen molar-refractivity contribution in [1.29, 1.82) is 0 Å². The van der Waals surface area contributed by atoms with Gasteiger partial charge in [0.2, 0.25) is 0 Å². The molecule has 0 saturated carbocycles. The Kier molecular flexibility index (Phi) is 7.59. The van der Waals surface area contributed by atoms with Crippen molar-refractivity contribution in [2.75, 3.05) is 18.4 Å². The largest absolute Gasteiger partial charge is 0.423 e. The summed E-state index contributed by atoms with van der Waals surface area (Å²) in [7, 11) is 0. The van der Waals surface area contributed by atoms with Crippen LogP contribution in [0.15, 0.2) is 57.9 Å². The quantitative estimate of drug-likeness (QED) is 0.191. The molecule has 12 heteroatoms. The van der Waals surface area contributed by atoms with Gasteiger partial charge in [0.1, 0.15) is 11.3 Å². The predicted molar refractivity (Wildman–Crippen MR) is 116 cm³/mol. The Labute approximate surface area is 190 Å². The number of aryl methyl sites for hydroxylation is 1. The van der Waals surface area contributed by atoms with Crippen molar-refractivity contribution >= 4 is 29.0 Å². The highest BCUT2D eigenvalue weighted by molar-refractivity contribution is 7.98. The van der Waals surface area contributed by atoms with Crippen LogP contribution >= 0.6 is 11.8 Å². The lowest BCUT2D eigenvalue weighted by Crippen LogP contribution is -2.29. The molecule has 0 bridgehead atoms. The molecule has 8 nitrogen and oxygen atoms in total. The summed E-state index contributed by atoms with van der Waals surface area (Å²) in [5.74, 6) is 0.856. The fourth-order valence-electron chi connectivity index (χ4n) is 2.92. The third-order valence-corrected chi connectivity index (χ3v) is 5.51. The molecular weight excluding hydrogens is 461 g/mol. The molecule has 0 aliphatic rings. The molecule has 0 aliphatic carbocycles. The summed E-state index contributed by atoms with van der Waals surface area (Å²) in [4.78, 5) is 23.2. The van der Waals surface area contributed by atoms with Crippen molar-refractivity contribution in [2.45, 2.75) is 23.7 Å². The average Bonchev–Trinajstić information content (AvgIpc) is 3.19. The molecule has 0 unspecified atom stereocenters. The molecule has 0 saturated heterocycles. The summed E-state index contributed by atoms with van der Waals surface area (Å²) in [6.45, 7) is 2.12. The van der Waals surface area contributed by atoms with Gasteiger partial charge in [0.25, 0.3) is 11.6 Å². The van der Waals surface area contributed by atoms with Gasteiger partial charge < -0.3 is 15.2 Å². The minimum absolute atomic E-state index is 0.141. The zero-order valence-corrected chi connectivity index (χ0v) is 18.1. The van der Waals surface area contributed by atoms with Crippen LogP contribution in [0.25, 0.3) is 0 Å². The molecular formula is C21H19F3N4O4S. The number of hydrogen-bond acceptors (Lipinski definition) is 7. The number of rotatable bonds is 9. The Morgan fingerprint density at radius 1 is 1.18 bits per heavy atom. The highest BCUT2D eigenvalue weighted by Gasteiger charge is 2.38. The van der Waals surface area contributed by atoms with E-state index in [1.807, 2.05) is 25.1 Å². The van der Waals surface area contributed by atoms with Crippen LogP contribution in [-0.2, 0) is 11.9 Å². The van der Waals surface area contributed by atoms with Crippen LogP contribution in [0.2, 0.25) is 0 Å². The van der Waals surface area contributed by atoms with Crippen LogP contribution in [0.5, 0.6) is 0 Å². The maximum Gasteiger partial charge on any atom is 0.423 e. The van der Waals surface area contributed by atoms with Gasteiger partial charge in [0, 0.05) is 35.8 Å². The molecule has 33 heavy (non-hydrogen) atoms. The van der Waals surface area contributed by atoms with Crippen LogP contribution in [0.3, 0.4) is 0 Å². The summed E-state index contributed by atoms with van der Waals surface area (Å²) in [6.07, 6.45) is -4.83. The number of nitrogens with one attached hydrogen (secondary N) is 2. The maximum atomic E-state index is 12.9. The number of anilines is 1. The second kappa shape index (κ2) is 10.4. The van der Waals surface area contributed by atoms with Crippen molar-refractivity contribution in [3.8, 4) is 0 Å². The van der Waals surface area contributed by atoms with Crippen LogP contribution in [0, 0.1) is 17.0 Å². The maximum absolute atomic E-state index is 12.9. The van der Waals surface area contributed by atoms with Gasteiger partial charge in [0.05, 0.1) is 21.9 Å². The number of benzene rings is 2. The molecule has 0 radical (unpaired) electrons. The smallest absolute Gasteiger partial charge is 0.383 e. The second-order valence-electron chi connectivity index (χ2n) is 6.89. The number of nitro groups is 1. The lowest BCUT2D eigenvalue weighted by Gasteiger charge is -2.12. The lowest BCUT2D eigenvalue weighted by molar-refractivity contribution is -0.388. The number of nitrogens with zero attached hydrogens (tertiary/aromatic N) is 2. The minimum atomic E-state index is -4.83. The monoisotopic (exact) mass is 480 g/mol. The van der Waals surface area contributed by atoms with Crippen molar-refractivity contribution < 1.29 is 27.4 Å². The van der Waals surface area contributed by atoms with Crippen LogP contribution in [0.4, 0.5) is 24.5 Å². The third-order valence-electron chi connectivity index (χ3n) is 4.42. The van der Waals surface area contributed by atoms with Gasteiger partial charge in [-0.3, -0.25) is 14.9 Å².